The van der Waals surface area contributed by atoms with E-state index in [1.807, 2.05) is 30.3 Å². The number of hydrogen-bond acceptors (Lipinski definition) is 7. The lowest BCUT2D eigenvalue weighted by Gasteiger charge is -2.27. The lowest BCUT2D eigenvalue weighted by molar-refractivity contribution is 0.0340. The molecule has 0 amide bonds. The zero-order valence-electron chi connectivity index (χ0n) is 17.9. The van der Waals surface area contributed by atoms with Gasteiger partial charge < -0.3 is 13.3 Å². The fraction of sp³-hybridized carbons (Fsp3) is 0.208. The predicted molar refractivity (Wildman–Crippen MR) is 130 cm³/mol. The molecule has 2 heterocycles. The highest BCUT2D eigenvalue weighted by molar-refractivity contribution is 7.87. The molecule has 176 valence electrons. The Kier molecular flexibility index (Phi) is 6.50. The summed E-state index contributed by atoms with van der Waals surface area (Å²) in [5.74, 6) is 0.638. The van der Waals surface area contributed by atoms with Crippen LogP contribution in [0.25, 0.3) is 22.6 Å². The molecule has 1 fully saturated rings. The van der Waals surface area contributed by atoms with Gasteiger partial charge in [0.2, 0.25) is 5.89 Å². The van der Waals surface area contributed by atoms with Crippen molar-refractivity contribution in [3.05, 3.63) is 76.3 Å². The van der Waals surface area contributed by atoms with Crippen molar-refractivity contribution in [2.45, 2.75) is 11.4 Å². The van der Waals surface area contributed by atoms with Crippen LogP contribution in [0, 0.1) is 0 Å². The minimum Gasteiger partial charge on any atom is -0.436 e. The summed E-state index contributed by atoms with van der Waals surface area (Å²) >= 11 is 12.2. The minimum atomic E-state index is -4.23. The Labute approximate surface area is 206 Å². The molecule has 0 aliphatic carbocycles. The molecule has 34 heavy (non-hydrogen) atoms. The molecule has 1 aromatic heterocycles. The number of benzene rings is 3. The Morgan fingerprint density at radius 1 is 1.00 bits per heavy atom. The second-order valence-corrected chi connectivity index (χ2v) is 10.1. The second kappa shape index (κ2) is 9.56. The Hall–Kier alpha value is -2.62. The molecule has 0 bridgehead atoms. The fourth-order valence-corrected chi connectivity index (χ4v) is 5.46. The number of para-hydroxylation sites is 2. The first kappa shape index (κ1) is 23.1. The first-order valence-electron chi connectivity index (χ1n) is 10.6. The van der Waals surface area contributed by atoms with E-state index in [4.69, 9.17) is 36.5 Å². The number of nitrogens with zero attached hydrogens (tertiary/aromatic N) is 2. The Morgan fingerprint density at radius 3 is 2.59 bits per heavy atom. The number of rotatable bonds is 6. The smallest absolute Gasteiger partial charge is 0.340 e. The molecule has 1 saturated heterocycles. The largest absolute Gasteiger partial charge is 0.436 e. The van der Waals surface area contributed by atoms with Crippen molar-refractivity contribution in [1.29, 1.82) is 0 Å². The van der Waals surface area contributed by atoms with Gasteiger partial charge in [-0.25, -0.2) is 4.98 Å². The molecule has 7 nitrogen and oxygen atoms in total. The van der Waals surface area contributed by atoms with Crippen LogP contribution in [0.4, 0.5) is 0 Å². The third-order valence-electron chi connectivity index (χ3n) is 5.48. The maximum absolute atomic E-state index is 13.1. The second-order valence-electron chi connectivity index (χ2n) is 7.79. The molecule has 1 aliphatic heterocycles. The van der Waals surface area contributed by atoms with Crippen LogP contribution < -0.4 is 4.18 Å². The summed E-state index contributed by atoms with van der Waals surface area (Å²) < 4.78 is 43.0. The predicted octanol–water partition coefficient (Wildman–Crippen LogP) is 5.40. The lowest BCUT2D eigenvalue weighted by atomic mass is 10.1. The lowest BCUT2D eigenvalue weighted by Crippen LogP contribution is -2.35. The van der Waals surface area contributed by atoms with Crippen molar-refractivity contribution < 1.29 is 21.8 Å². The summed E-state index contributed by atoms with van der Waals surface area (Å²) in [6.45, 7) is 3.12. The number of halogens is 2. The van der Waals surface area contributed by atoms with Crippen LogP contribution >= 0.6 is 23.2 Å². The van der Waals surface area contributed by atoms with E-state index in [1.54, 1.807) is 12.1 Å². The van der Waals surface area contributed by atoms with E-state index in [0.717, 1.165) is 18.6 Å². The van der Waals surface area contributed by atoms with Gasteiger partial charge in [-0.15, -0.1) is 0 Å². The molecule has 10 heteroatoms. The molecule has 3 aromatic carbocycles. The van der Waals surface area contributed by atoms with Gasteiger partial charge in [0, 0.05) is 30.8 Å². The highest BCUT2D eigenvalue weighted by atomic mass is 35.5. The molecule has 1 aliphatic rings. The van der Waals surface area contributed by atoms with E-state index in [-0.39, 0.29) is 20.7 Å². The van der Waals surface area contributed by atoms with Gasteiger partial charge in [0.05, 0.1) is 23.3 Å². The maximum Gasteiger partial charge on any atom is 0.340 e. The van der Waals surface area contributed by atoms with Gasteiger partial charge >= 0.3 is 10.1 Å². The first-order chi connectivity index (χ1) is 16.4. The molecular weight excluding hydrogens is 499 g/mol. The van der Waals surface area contributed by atoms with Gasteiger partial charge in [0.15, 0.2) is 5.58 Å². The van der Waals surface area contributed by atoms with E-state index >= 15 is 0 Å². The number of fused-ring (bicyclic) bond motifs is 1. The Morgan fingerprint density at radius 2 is 1.79 bits per heavy atom. The van der Waals surface area contributed by atoms with E-state index in [0.29, 0.717) is 42.4 Å². The van der Waals surface area contributed by atoms with Crippen LogP contribution in [0.3, 0.4) is 0 Å². The molecule has 0 unspecified atom stereocenters. The van der Waals surface area contributed by atoms with Crippen LogP contribution in [0.5, 0.6) is 5.75 Å². The van der Waals surface area contributed by atoms with Gasteiger partial charge in [-0.1, -0.05) is 41.4 Å². The summed E-state index contributed by atoms with van der Waals surface area (Å²) in [7, 11) is -4.23. The molecular formula is C24H20Cl2N2O5S. The summed E-state index contributed by atoms with van der Waals surface area (Å²) in [5, 5.41) is 0.0492. The van der Waals surface area contributed by atoms with E-state index in [9.17, 15) is 8.42 Å². The topological polar surface area (TPSA) is 81.9 Å². The van der Waals surface area contributed by atoms with Gasteiger partial charge in [-0.05, 0) is 42.5 Å². The first-order valence-corrected chi connectivity index (χ1v) is 12.7. The normalized spacial score (nSPS) is 15.0. The monoisotopic (exact) mass is 518 g/mol. The average Bonchev–Trinajstić information content (AvgIpc) is 3.27. The zero-order valence-corrected chi connectivity index (χ0v) is 20.2. The number of aromatic nitrogens is 1. The van der Waals surface area contributed by atoms with Crippen LogP contribution in [0.15, 0.2) is 70.0 Å². The fourth-order valence-electron chi connectivity index (χ4n) is 3.75. The van der Waals surface area contributed by atoms with Crippen molar-refractivity contribution in [2.75, 3.05) is 26.3 Å². The molecule has 0 N–H and O–H groups in total. The number of oxazole rings is 1. The molecule has 0 radical (unpaired) electrons. The highest BCUT2D eigenvalue weighted by Gasteiger charge is 2.24. The summed E-state index contributed by atoms with van der Waals surface area (Å²) in [4.78, 5) is 6.53. The van der Waals surface area contributed by atoms with E-state index < -0.39 is 10.1 Å². The summed E-state index contributed by atoms with van der Waals surface area (Å²) in [6.07, 6.45) is 0. The standard InChI is InChI=1S/C24H20Cl2N2O5S/c25-18-4-3-7-22(23(18)26)34(29,30)33-20-9-8-16(14-17(20)15-28-10-12-31-13-11-28)24-27-19-5-1-2-6-21(19)32-24/h1-9,14H,10-13,15H2. The third-order valence-corrected chi connectivity index (χ3v) is 7.69. The average molecular weight is 519 g/mol. The summed E-state index contributed by atoms with van der Waals surface area (Å²) in [5.41, 5.74) is 2.80. The quantitative estimate of drug-likeness (QED) is 0.316. The van der Waals surface area contributed by atoms with Gasteiger partial charge in [-0.3, -0.25) is 4.90 Å². The van der Waals surface area contributed by atoms with Gasteiger partial charge in [0.25, 0.3) is 0 Å². The number of morpholine rings is 1. The van der Waals surface area contributed by atoms with Crippen molar-refractivity contribution in [3.8, 4) is 17.2 Å². The maximum atomic E-state index is 13.1. The van der Waals surface area contributed by atoms with E-state index in [1.165, 1.54) is 18.2 Å². The van der Waals surface area contributed by atoms with Crippen molar-refractivity contribution in [3.63, 3.8) is 0 Å². The SMILES string of the molecule is O=S(=O)(Oc1ccc(-c2nc3ccccc3o2)cc1CN1CCOCC1)c1cccc(Cl)c1Cl. The molecule has 0 atom stereocenters. The Balaban J connectivity index is 1.53. The zero-order chi connectivity index (χ0) is 23.7. The molecule has 5 rings (SSSR count). The molecule has 4 aromatic rings. The van der Waals surface area contributed by atoms with Crippen molar-refractivity contribution in [1.82, 2.24) is 9.88 Å². The molecule has 0 spiro atoms. The highest BCUT2D eigenvalue weighted by Crippen LogP contribution is 2.34. The minimum absolute atomic E-state index is 0.0815. The number of hydrogen-bond donors (Lipinski definition) is 0. The Bertz CT molecular complexity index is 1420. The third kappa shape index (κ3) is 4.78. The van der Waals surface area contributed by atoms with Crippen molar-refractivity contribution in [2.24, 2.45) is 0 Å². The van der Waals surface area contributed by atoms with E-state index in [2.05, 4.69) is 9.88 Å². The van der Waals surface area contributed by atoms with Gasteiger partial charge in [0.1, 0.15) is 16.2 Å². The van der Waals surface area contributed by atoms with Crippen LogP contribution in [-0.2, 0) is 21.4 Å². The number of ether oxygens (including phenoxy) is 1. The van der Waals surface area contributed by atoms with Crippen LogP contribution in [0.2, 0.25) is 10.0 Å². The van der Waals surface area contributed by atoms with Crippen molar-refractivity contribution >= 4 is 44.4 Å². The molecule has 0 saturated carbocycles. The van der Waals surface area contributed by atoms with Gasteiger partial charge in [-0.2, -0.15) is 8.42 Å². The van der Waals surface area contributed by atoms with Crippen LogP contribution in [0.1, 0.15) is 5.56 Å². The van der Waals surface area contributed by atoms with Crippen LogP contribution in [-0.4, -0.2) is 44.6 Å². The summed E-state index contributed by atoms with van der Waals surface area (Å²) in [6, 6.07) is 17.0.